The number of likely N-dealkylation sites (tertiary alicyclic amines) is 1. The van der Waals surface area contributed by atoms with E-state index in [1.54, 1.807) is 4.90 Å². The Balaban J connectivity index is 1.99. The maximum atomic E-state index is 11.5. The summed E-state index contributed by atoms with van der Waals surface area (Å²) >= 11 is 7.21. The summed E-state index contributed by atoms with van der Waals surface area (Å²) in [6.07, 6.45) is -0.182. The number of alkyl halides is 2. The van der Waals surface area contributed by atoms with Gasteiger partial charge in [0, 0.05) is 21.6 Å². The normalized spacial score (nSPS) is 44.9. The van der Waals surface area contributed by atoms with Gasteiger partial charge in [-0.15, -0.1) is 0 Å². The van der Waals surface area contributed by atoms with Crippen LogP contribution in [-0.2, 0) is 4.74 Å². The van der Waals surface area contributed by atoms with E-state index in [0.717, 1.165) is 6.54 Å². The van der Waals surface area contributed by atoms with Gasteiger partial charge in [-0.25, -0.2) is 4.79 Å². The van der Waals surface area contributed by atoms with Crippen molar-refractivity contribution in [1.29, 1.82) is 0 Å². The zero-order valence-corrected chi connectivity index (χ0v) is 11.3. The van der Waals surface area contributed by atoms with Crippen molar-refractivity contribution in [3.05, 3.63) is 0 Å². The lowest BCUT2D eigenvalue weighted by molar-refractivity contribution is -0.105. The Morgan fingerprint density at radius 2 is 2.29 bits per heavy atom. The van der Waals surface area contributed by atoms with Crippen LogP contribution in [0.25, 0.3) is 0 Å². The Kier molecular flexibility index (Phi) is 2.59. The molecule has 1 heterocycles. The minimum absolute atomic E-state index is 0.182. The largest absolute Gasteiger partial charge is 0.450 e. The number of piperidine rings is 1. The lowest BCUT2D eigenvalue weighted by Crippen LogP contribution is -2.81. The van der Waals surface area contributed by atoms with E-state index in [1.165, 1.54) is 0 Å². The summed E-state index contributed by atoms with van der Waals surface area (Å²) in [5, 5.41) is 0. The molecule has 0 N–H and O–H groups in total. The zero-order valence-electron chi connectivity index (χ0n) is 8.17. The summed E-state index contributed by atoms with van der Waals surface area (Å²) < 4.78 is 4.98. The van der Waals surface area contributed by atoms with E-state index in [2.05, 4.69) is 38.8 Å². The summed E-state index contributed by atoms with van der Waals surface area (Å²) in [5.74, 6) is 0. The van der Waals surface area contributed by atoms with Crippen LogP contribution in [0.1, 0.15) is 13.8 Å². The van der Waals surface area contributed by atoms with Gasteiger partial charge in [0.05, 0.1) is 12.6 Å². The number of ether oxygens (including phenoxy) is 1. The molecule has 80 valence electrons. The molecule has 0 aromatic heterocycles. The highest BCUT2D eigenvalue weighted by Crippen LogP contribution is 2.59. The fraction of sp³-hybridized carbons (Fsp3) is 0.889. The van der Waals surface area contributed by atoms with Gasteiger partial charge in [0.1, 0.15) is 0 Å². The Morgan fingerprint density at radius 3 is 2.79 bits per heavy atom. The molecule has 5 heteroatoms. The van der Waals surface area contributed by atoms with Crippen LogP contribution in [0.5, 0.6) is 0 Å². The topological polar surface area (TPSA) is 29.5 Å². The van der Waals surface area contributed by atoms with E-state index >= 15 is 0 Å². The molecule has 4 atom stereocenters. The van der Waals surface area contributed by atoms with Crippen LogP contribution in [0.4, 0.5) is 4.79 Å². The molecular formula is C9H13Br2NO2. The van der Waals surface area contributed by atoms with E-state index in [-0.39, 0.29) is 11.5 Å². The minimum atomic E-state index is -0.182. The molecular weight excluding hydrogens is 314 g/mol. The van der Waals surface area contributed by atoms with Gasteiger partial charge in [-0.1, -0.05) is 38.8 Å². The Hall–Kier alpha value is 0.230. The standard InChI is InChI=1S/C9H13Br2NO2/c1-3-14-8(13)12-4-9(2)6(11)5(10)7(9)12/h5-7H,3-4H2,1-2H3/t5-,6-,7+,9-/m1/s1. The van der Waals surface area contributed by atoms with E-state index in [9.17, 15) is 4.79 Å². The number of amides is 1. The highest BCUT2D eigenvalue weighted by atomic mass is 79.9. The molecule has 2 rings (SSSR count). The first-order valence-corrected chi connectivity index (χ1v) is 6.57. The molecule has 0 bridgehead atoms. The predicted molar refractivity (Wildman–Crippen MR) is 61.1 cm³/mol. The van der Waals surface area contributed by atoms with Gasteiger partial charge in [-0.2, -0.15) is 0 Å². The van der Waals surface area contributed by atoms with Crippen molar-refractivity contribution < 1.29 is 9.53 Å². The highest BCUT2D eigenvalue weighted by Gasteiger charge is 2.68. The fourth-order valence-electron chi connectivity index (χ4n) is 2.38. The first-order valence-electron chi connectivity index (χ1n) is 4.74. The molecule has 0 unspecified atom stereocenters. The van der Waals surface area contributed by atoms with E-state index in [0.29, 0.717) is 22.3 Å². The first kappa shape index (κ1) is 10.7. The fourth-order valence-corrected chi connectivity index (χ4v) is 4.58. The maximum absolute atomic E-state index is 11.5. The maximum Gasteiger partial charge on any atom is 0.410 e. The number of carbonyl (C=O) groups is 1. The average Bonchev–Trinajstić information content (AvgIpc) is 2.13. The molecule has 0 spiro atoms. The molecule has 14 heavy (non-hydrogen) atoms. The quantitative estimate of drug-likeness (QED) is 0.692. The number of hydrogen-bond donors (Lipinski definition) is 0. The first-order chi connectivity index (χ1) is 6.52. The van der Waals surface area contributed by atoms with Crippen LogP contribution < -0.4 is 0 Å². The second-order valence-electron chi connectivity index (χ2n) is 4.12. The van der Waals surface area contributed by atoms with Crippen LogP contribution in [0, 0.1) is 5.41 Å². The molecule has 0 aromatic rings. The molecule has 2 aliphatic rings. The number of nitrogens with zero attached hydrogens (tertiary/aromatic N) is 1. The van der Waals surface area contributed by atoms with Crippen molar-refractivity contribution in [1.82, 2.24) is 4.90 Å². The number of hydrogen-bond acceptors (Lipinski definition) is 2. The third-order valence-corrected chi connectivity index (χ3v) is 6.59. The number of rotatable bonds is 1. The lowest BCUT2D eigenvalue weighted by atomic mass is 9.58. The SMILES string of the molecule is CCOC(=O)N1C[C@]2(C)[C@H](Br)[C@@H](Br)[C@H]12. The third kappa shape index (κ3) is 1.18. The summed E-state index contributed by atoms with van der Waals surface area (Å²) in [6, 6.07) is 0.297. The Bertz CT molecular complexity index is 274. The van der Waals surface area contributed by atoms with Crippen molar-refractivity contribution >= 4 is 38.0 Å². The predicted octanol–water partition coefficient (Wildman–Crippen LogP) is 2.37. The number of carbonyl (C=O) groups excluding carboxylic acids is 1. The summed E-state index contributed by atoms with van der Waals surface area (Å²) in [5.41, 5.74) is 0.237. The van der Waals surface area contributed by atoms with Crippen molar-refractivity contribution in [3.8, 4) is 0 Å². The van der Waals surface area contributed by atoms with Crippen LogP contribution >= 0.6 is 31.9 Å². The molecule has 3 nitrogen and oxygen atoms in total. The minimum Gasteiger partial charge on any atom is -0.450 e. The molecule has 0 radical (unpaired) electrons. The van der Waals surface area contributed by atoms with E-state index < -0.39 is 0 Å². The van der Waals surface area contributed by atoms with E-state index in [1.807, 2.05) is 6.92 Å². The number of halogens is 2. The van der Waals surface area contributed by atoms with Gasteiger partial charge in [0.15, 0.2) is 0 Å². The molecule has 0 aromatic carbocycles. The smallest absolute Gasteiger partial charge is 0.410 e. The van der Waals surface area contributed by atoms with Crippen molar-refractivity contribution in [2.24, 2.45) is 5.41 Å². The van der Waals surface area contributed by atoms with Crippen LogP contribution in [0.15, 0.2) is 0 Å². The van der Waals surface area contributed by atoms with Gasteiger partial charge in [-0.05, 0) is 6.92 Å². The second kappa shape index (κ2) is 3.37. The van der Waals surface area contributed by atoms with Crippen LogP contribution in [0.3, 0.4) is 0 Å². The molecule has 1 saturated carbocycles. The van der Waals surface area contributed by atoms with Crippen molar-refractivity contribution in [2.45, 2.75) is 29.5 Å². The van der Waals surface area contributed by atoms with Crippen LogP contribution in [0.2, 0.25) is 0 Å². The van der Waals surface area contributed by atoms with Gasteiger partial charge >= 0.3 is 6.09 Å². The highest BCUT2D eigenvalue weighted by molar-refractivity contribution is 9.12. The van der Waals surface area contributed by atoms with Gasteiger partial charge in [-0.3, -0.25) is 0 Å². The zero-order chi connectivity index (χ0) is 10.5. The molecule has 1 aliphatic heterocycles. The molecule has 1 saturated heterocycles. The molecule has 2 fully saturated rings. The van der Waals surface area contributed by atoms with Crippen molar-refractivity contribution in [2.75, 3.05) is 13.2 Å². The van der Waals surface area contributed by atoms with Gasteiger partial charge in [0.25, 0.3) is 0 Å². The summed E-state index contributed by atoms with van der Waals surface area (Å²) in [6.45, 7) is 5.28. The summed E-state index contributed by atoms with van der Waals surface area (Å²) in [4.78, 5) is 14.1. The van der Waals surface area contributed by atoms with Gasteiger partial charge < -0.3 is 9.64 Å². The summed E-state index contributed by atoms with van der Waals surface area (Å²) in [7, 11) is 0. The Labute approximate surface area is 100 Å². The second-order valence-corrected chi connectivity index (χ2v) is 6.17. The number of fused-ring (bicyclic) bond motifs is 1. The average molecular weight is 327 g/mol. The molecule has 1 amide bonds. The molecule has 1 aliphatic carbocycles. The Morgan fingerprint density at radius 1 is 1.64 bits per heavy atom. The lowest BCUT2D eigenvalue weighted by Gasteiger charge is -2.68. The monoisotopic (exact) mass is 325 g/mol. The van der Waals surface area contributed by atoms with Crippen LogP contribution in [-0.4, -0.2) is 39.8 Å². The van der Waals surface area contributed by atoms with E-state index in [4.69, 9.17) is 4.74 Å². The van der Waals surface area contributed by atoms with Gasteiger partial charge in [0.2, 0.25) is 0 Å². The third-order valence-electron chi connectivity index (χ3n) is 3.24. The van der Waals surface area contributed by atoms with Crippen molar-refractivity contribution in [3.63, 3.8) is 0 Å².